The number of carbonyl (C=O) groups excluding carboxylic acids is 1. The smallest absolute Gasteiger partial charge is 0.326 e. The first-order valence-corrected chi connectivity index (χ1v) is 8.29. The van der Waals surface area contributed by atoms with Crippen LogP contribution in [0.4, 0.5) is 5.69 Å². The fourth-order valence-electron chi connectivity index (χ4n) is 3.59. The molecule has 1 aliphatic carbocycles. The van der Waals surface area contributed by atoms with Crippen LogP contribution >= 0.6 is 0 Å². The first kappa shape index (κ1) is 14.5. The highest BCUT2D eigenvalue weighted by Gasteiger charge is 2.30. The molecule has 2 aliphatic rings. The van der Waals surface area contributed by atoms with E-state index in [1.54, 1.807) is 0 Å². The first-order valence-electron chi connectivity index (χ1n) is 8.29. The van der Waals surface area contributed by atoms with E-state index < -0.39 is 0 Å². The molecule has 2 heterocycles. The van der Waals surface area contributed by atoms with Crippen LogP contribution in [-0.2, 0) is 17.9 Å². The zero-order valence-corrected chi connectivity index (χ0v) is 13.6. The molecule has 0 unspecified atom stereocenters. The summed E-state index contributed by atoms with van der Waals surface area (Å²) in [5, 5.41) is 2.92. The maximum absolute atomic E-state index is 12.3. The van der Waals surface area contributed by atoms with E-state index in [0.717, 1.165) is 41.3 Å². The van der Waals surface area contributed by atoms with Crippen molar-refractivity contribution >= 4 is 22.6 Å². The summed E-state index contributed by atoms with van der Waals surface area (Å²) in [7, 11) is 0. The first-order chi connectivity index (χ1) is 11.0. The third-order valence-electron chi connectivity index (χ3n) is 4.97. The molecule has 0 bridgehead atoms. The lowest BCUT2D eigenvalue weighted by atomic mass is 10.1. The molecular weight excluding hydrogens is 292 g/mol. The second kappa shape index (κ2) is 5.23. The Balaban J connectivity index is 1.85. The molecule has 0 spiro atoms. The highest BCUT2D eigenvalue weighted by atomic mass is 16.1. The number of imidazole rings is 1. The Bertz CT molecular complexity index is 831. The number of benzene rings is 1. The fourth-order valence-corrected chi connectivity index (χ4v) is 3.59. The minimum Gasteiger partial charge on any atom is -0.326 e. The van der Waals surface area contributed by atoms with Crippen LogP contribution < -0.4 is 11.0 Å². The third kappa shape index (κ3) is 2.57. The third-order valence-corrected chi connectivity index (χ3v) is 4.97. The normalized spacial score (nSPS) is 21.4. The number of hydrogen-bond acceptors (Lipinski definition) is 3. The largest absolute Gasteiger partial charge is 0.326 e. The van der Waals surface area contributed by atoms with Crippen LogP contribution in [0.3, 0.4) is 0 Å². The zero-order valence-electron chi connectivity index (χ0n) is 13.6. The van der Waals surface area contributed by atoms with Crippen molar-refractivity contribution in [1.82, 2.24) is 14.5 Å². The lowest BCUT2D eigenvalue weighted by molar-refractivity contribution is -0.114. The van der Waals surface area contributed by atoms with Crippen LogP contribution in [0, 0.1) is 5.92 Å². The number of nitrogens with one attached hydrogen (secondary N) is 2. The van der Waals surface area contributed by atoms with Gasteiger partial charge in [-0.15, -0.1) is 0 Å². The Morgan fingerprint density at radius 1 is 1.39 bits per heavy atom. The van der Waals surface area contributed by atoms with E-state index in [0.29, 0.717) is 12.6 Å². The van der Waals surface area contributed by atoms with Gasteiger partial charge in [0.05, 0.1) is 11.0 Å². The molecule has 0 radical (unpaired) electrons. The lowest BCUT2D eigenvalue weighted by Crippen LogP contribution is -2.37. The van der Waals surface area contributed by atoms with E-state index >= 15 is 0 Å². The van der Waals surface area contributed by atoms with Gasteiger partial charge in [-0.1, -0.05) is 0 Å². The van der Waals surface area contributed by atoms with Gasteiger partial charge >= 0.3 is 5.69 Å². The van der Waals surface area contributed by atoms with Crippen LogP contribution in [-0.4, -0.2) is 32.9 Å². The second-order valence-electron chi connectivity index (χ2n) is 6.93. The Hall–Kier alpha value is -2.08. The van der Waals surface area contributed by atoms with Gasteiger partial charge in [-0.2, -0.15) is 0 Å². The quantitative estimate of drug-likeness (QED) is 0.909. The maximum atomic E-state index is 12.3. The van der Waals surface area contributed by atoms with Gasteiger partial charge in [0, 0.05) is 43.9 Å². The fraction of sp³-hybridized carbons (Fsp3) is 0.529. The minimum atomic E-state index is -0.0870. The van der Waals surface area contributed by atoms with E-state index in [4.69, 9.17) is 0 Å². The number of aromatic nitrogens is 2. The monoisotopic (exact) mass is 314 g/mol. The molecule has 23 heavy (non-hydrogen) atoms. The maximum Gasteiger partial charge on any atom is 0.326 e. The Kier molecular flexibility index (Phi) is 3.30. The molecule has 4 rings (SSSR count). The number of aromatic amines is 1. The van der Waals surface area contributed by atoms with Crippen molar-refractivity contribution in [3.05, 3.63) is 28.2 Å². The minimum absolute atomic E-state index is 0.0682. The van der Waals surface area contributed by atoms with Crippen molar-refractivity contribution in [2.45, 2.75) is 45.8 Å². The molecule has 1 aliphatic heterocycles. The molecule has 1 atom stereocenters. The van der Waals surface area contributed by atoms with E-state index in [-0.39, 0.29) is 11.6 Å². The summed E-state index contributed by atoms with van der Waals surface area (Å²) in [6.45, 7) is 6.21. The number of rotatable bonds is 3. The van der Waals surface area contributed by atoms with E-state index in [1.807, 2.05) is 16.7 Å². The van der Waals surface area contributed by atoms with Crippen molar-refractivity contribution < 1.29 is 4.79 Å². The van der Waals surface area contributed by atoms with E-state index in [2.05, 4.69) is 22.1 Å². The topological polar surface area (TPSA) is 70.1 Å². The molecule has 0 saturated heterocycles. The van der Waals surface area contributed by atoms with Gasteiger partial charge in [-0.25, -0.2) is 4.79 Å². The molecular formula is C17H22N4O2. The van der Waals surface area contributed by atoms with Crippen LogP contribution in [0.5, 0.6) is 0 Å². The van der Waals surface area contributed by atoms with Gasteiger partial charge in [0.15, 0.2) is 0 Å². The Labute approximate surface area is 134 Å². The molecule has 2 aromatic rings. The van der Waals surface area contributed by atoms with Gasteiger partial charge in [0.25, 0.3) is 0 Å². The SMILES string of the molecule is CC(=O)Nc1ccc2[nH]c(=O)n3c2c1CN(CC1CC1)[C@@H](C)C3. The van der Waals surface area contributed by atoms with Gasteiger partial charge in [0.2, 0.25) is 5.91 Å². The Morgan fingerprint density at radius 2 is 2.17 bits per heavy atom. The number of nitrogens with zero attached hydrogens (tertiary/aromatic N) is 2. The predicted molar refractivity (Wildman–Crippen MR) is 89.5 cm³/mol. The summed E-state index contributed by atoms with van der Waals surface area (Å²) >= 11 is 0. The summed E-state index contributed by atoms with van der Waals surface area (Å²) < 4.78 is 1.83. The number of anilines is 1. The van der Waals surface area contributed by atoms with E-state index in [1.165, 1.54) is 19.8 Å². The highest BCUT2D eigenvalue weighted by molar-refractivity contribution is 5.94. The van der Waals surface area contributed by atoms with Crippen molar-refractivity contribution in [3.63, 3.8) is 0 Å². The number of amides is 1. The molecule has 2 N–H and O–H groups in total. The summed E-state index contributed by atoms with van der Waals surface area (Å²) in [5.74, 6) is 0.702. The Morgan fingerprint density at radius 3 is 2.87 bits per heavy atom. The molecule has 6 heteroatoms. The molecule has 122 valence electrons. The van der Waals surface area contributed by atoms with E-state index in [9.17, 15) is 9.59 Å². The highest BCUT2D eigenvalue weighted by Crippen LogP contribution is 2.34. The van der Waals surface area contributed by atoms with Crippen LogP contribution in [0.2, 0.25) is 0 Å². The molecule has 1 aromatic carbocycles. The summed E-state index contributed by atoms with van der Waals surface area (Å²) in [6.07, 6.45) is 2.61. The van der Waals surface area contributed by atoms with Crippen LogP contribution in [0.25, 0.3) is 11.0 Å². The average Bonchev–Trinajstić information content (AvgIpc) is 3.26. The van der Waals surface area contributed by atoms with Crippen molar-refractivity contribution in [3.8, 4) is 0 Å². The van der Waals surface area contributed by atoms with Gasteiger partial charge < -0.3 is 10.3 Å². The average molecular weight is 314 g/mol. The molecule has 1 saturated carbocycles. The molecule has 1 fully saturated rings. The standard InChI is InChI=1S/C17H22N4O2/c1-10-7-21-16-13(9-20(10)8-12-3-4-12)14(18-11(2)22)5-6-15(16)19-17(21)23/h5-6,10,12H,3-4,7-9H2,1-2H3,(H,18,22)(H,19,23)/t10-/m0/s1. The summed E-state index contributed by atoms with van der Waals surface area (Å²) in [5.41, 5.74) is 3.57. The molecule has 1 amide bonds. The lowest BCUT2D eigenvalue weighted by Gasteiger charge is -2.27. The molecule has 6 nitrogen and oxygen atoms in total. The summed E-state index contributed by atoms with van der Waals surface area (Å²) in [6, 6.07) is 4.07. The van der Waals surface area contributed by atoms with Gasteiger partial charge in [0.1, 0.15) is 0 Å². The van der Waals surface area contributed by atoms with Crippen molar-refractivity contribution in [1.29, 1.82) is 0 Å². The van der Waals surface area contributed by atoms with Crippen molar-refractivity contribution in [2.24, 2.45) is 5.92 Å². The zero-order chi connectivity index (χ0) is 16.1. The van der Waals surface area contributed by atoms with Gasteiger partial charge in [-0.05, 0) is 37.8 Å². The number of hydrogen-bond donors (Lipinski definition) is 2. The van der Waals surface area contributed by atoms with Crippen LogP contribution in [0.1, 0.15) is 32.3 Å². The van der Waals surface area contributed by atoms with Crippen LogP contribution in [0.15, 0.2) is 16.9 Å². The second-order valence-corrected chi connectivity index (χ2v) is 6.93. The van der Waals surface area contributed by atoms with Crippen molar-refractivity contribution in [2.75, 3.05) is 11.9 Å². The summed E-state index contributed by atoms with van der Waals surface area (Å²) in [4.78, 5) is 29.3. The number of carbonyl (C=O) groups is 1. The number of H-pyrrole nitrogens is 1. The molecule has 1 aromatic heterocycles. The van der Waals surface area contributed by atoms with Gasteiger partial charge in [-0.3, -0.25) is 14.3 Å². The predicted octanol–water partition coefficient (Wildman–Crippen LogP) is 1.90.